The first kappa shape index (κ1) is 12.0. The van der Waals surface area contributed by atoms with Crippen molar-refractivity contribution < 1.29 is 17.6 Å². The van der Waals surface area contributed by atoms with Crippen molar-refractivity contribution >= 4 is 31.9 Å². The molecule has 0 spiro atoms. The van der Waals surface area contributed by atoms with Crippen molar-refractivity contribution in [1.29, 1.82) is 0 Å². The molecule has 0 aliphatic rings. The van der Waals surface area contributed by atoms with Crippen LogP contribution in [0.5, 0.6) is 0 Å². The Bertz CT molecular complexity index is 305. The number of hydrogen-bond acceptors (Lipinski definition) is 0. The summed E-state index contributed by atoms with van der Waals surface area (Å²) in [4.78, 5) is 0. The first-order valence-electron chi connectivity index (χ1n) is 3.48. The zero-order valence-corrected chi connectivity index (χ0v) is 9.75. The molecule has 1 rings (SSSR count). The summed E-state index contributed by atoms with van der Waals surface area (Å²) in [6.45, 7) is 0. The SMILES string of the molecule is FC(F)c1cc(Br)c(C(F)F)cc1Br. The van der Waals surface area contributed by atoms with E-state index in [1.54, 1.807) is 0 Å². The Labute approximate surface area is 94.6 Å². The van der Waals surface area contributed by atoms with Gasteiger partial charge in [-0.1, -0.05) is 31.9 Å². The fourth-order valence-electron chi connectivity index (χ4n) is 0.912. The van der Waals surface area contributed by atoms with Crippen LogP contribution in [0.1, 0.15) is 24.0 Å². The van der Waals surface area contributed by atoms with Crippen LogP contribution in [0.15, 0.2) is 21.1 Å². The lowest BCUT2D eigenvalue weighted by atomic mass is 10.1. The highest BCUT2D eigenvalue weighted by molar-refractivity contribution is 9.11. The molecule has 0 amide bonds. The number of alkyl halides is 4. The van der Waals surface area contributed by atoms with E-state index in [-0.39, 0.29) is 20.1 Å². The molecule has 0 radical (unpaired) electrons. The van der Waals surface area contributed by atoms with Crippen molar-refractivity contribution in [2.75, 3.05) is 0 Å². The molecule has 6 heteroatoms. The van der Waals surface area contributed by atoms with Gasteiger partial charge in [-0.15, -0.1) is 0 Å². The number of benzene rings is 1. The monoisotopic (exact) mass is 334 g/mol. The molecule has 0 aromatic heterocycles. The van der Waals surface area contributed by atoms with Crippen LogP contribution < -0.4 is 0 Å². The van der Waals surface area contributed by atoms with Gasteiger partial charge in [-0.05, 0) is 12.1 Å². The molecule has 0 atom stereocenters. The predicted octanol–water partition coefficient (Wildman–Crippen LogP) is 5.09. The molecule has 14 heavy (non-hydrogen) atoms. The Hall–Kier alpha value is -0.100. The summed E-state index contributed by atoms with van der Waals surface area (Å²) in [5.74, 6) is 0. The van der Waals surface area contributed by atoms with Gasteiger partial charge in [0.25, 0.3) is 12.9 Å². The van der Waals surface area contributed by atoms with Crippen molar-refractivity contribution in [1.82, 2.24) is 0 Å². The Morgan fingerprint density at radius 1 is 0.786 bits per heavy atom. The largest absolute Gasteiger partial charge is 0.264 e. The fraction of sp³-hybridized carbons (Fsp3) is 0.250. The fourth-order valence-corrected chi connectivity index (χ4v) is 1.98. The summed E-state index contributed by atoms with van der Waals surface area (Å²) in [5, 5.41) is 0. The molecule has 1 aromatic rings. The van der Waals surface area contributed by atoms with Crippen LogP contribution >= 0.6 is 31.9 Å². The van der Waals surface area contributed by atoms with E-state index < -0.39 is 12.9 Å². The molecule has 0 heterocycles. The highest BCUT2D eigenvalue weighted by atomic mass is 79.9. The average Bonchev–Trinajstić information content (AvgIpc) is 2.07. The lowest BCUT2D eigenvalue weighted by Crippen LogP contribution is -1.92. The molecule has 0 saturated carbocycles. The molecule has 0 N–H and O–H groups in total. The second kappa shape index (κ2) is 4.61. The summed E-state index contributed by atoms with van der Waals surface area (Å²) in [5.41, 5.74) is -0.609. The van der Waals surface area contributed by atoms with Crippen molar-refractivity contribution in [2.45, 2.75) is 12.9 Å². The zero-order chi connectivity index (χ0) is 10.9. The Morgan fingerprint density at radius 3 is 1.29 bits per heavy atom. The second-order valence-corrected chi connectivity index (χ2v) is 4.21. The van der Waals surface area contributed by atoms with E-state index in [4.69, 9.17) is 0 Å². The van der Waals surface area contributed by atoms with Gasteiger partial charge in [-0.3, -0.25) is 0 Å². The van der Waals surface area contributed by atoms with E-state index in [1.807, 2.05) is 0 Å². The van der Waals surface area contributed by atoms with Gasteiger partial charge in [0.2, 0.25) is 0 Å². The molecule has 0 fully saturated rings. The van der Waals surface area contributed by atoms with Crippen LogP contribution in [0.25, 0.3) is 0 Å². The van der Waals surface area contributed by atoms with Crippen molar-refractivity contribution in [2.24, 2.45) is 0 Å². The van der Waals surface area contributed by atoms with E-state index >= 15 is 0 Å². The van der Waals surface area contributed by atoms with Crippen molar-refractivity contribution in [3.63, 3.8) is 0 Å². The van der Waals surface area contributed by atoms with E-state index in [2.05, 4.69) is 31.9 Å². The molecular weight excluding hydrogens is 332 g/mol. The van der Waals surface area contributed by atoms with Crippen LogP contribution in [-0.4, -0.2) is 0 Å². The van der Waals surface area contributed by atoms with Crippen LogP contribution in [0.2, 0.25) is 0 Å². The normalized spacial score (nSPS) is 11.4. The third-order valence-corrected chi connectivity index (χ3v) is 2.96. The van der Waals surface area contributed by atoms with E-state index in [9.17, 15) is 17.6 Å². The van der Waals surface area contributed by atoms with Crippen LogP contribution in [0, 0.1) is 0 Å². The summed E-state index contributed by atoms with van der Waals surface area (Å²) in [7, 11) is 0. The van der Waals surface area contributed by atoms with Gasteiger partial charge in [0, 0.05) is 20.1 Å². The lowest BCUT2D eigenvalue weighted by Gasteiger charge is -2.08. The van der Waals surface area contributed by atoms with Gasteiger partial charge >= 0.3 is 0 Å². The van der Waals surface area contributed by atoms with Gasteiger partial charge in [0.1, 0.15) is 0 Å². The Kier molecular flexibility index (Phi) is 3.94. The lowest BCUT2D eigenvalue weighted by molar-refractivity contribution is 0.145. The van der Waals surface area contributed by atoms with Gasteiger partial charge in [-0.2, -0.15) is 0 Å². The number of rotatable bonds is 2. The molecule has 0 bridgehead atoms. The maximum absolute atomic E-state index is 12.3. The minimum absolute atomic E-state index is 0.00833. The summed E-state index contributed by atoms with van der Waals surface area (Å²) < 4.78 is 49.2. The van der Waals surface area contributed by atoms with Crippen molar-refractivity contribution in [3.8, 4) is 0 Å². The minimum atomic E-state index is -2.69. The van der Waals surface area contributed by atoms with Gasteiger partial charge in [0.15, 0.2) is 0 Å². The van der Waals surface area contributed by atoms with E-state index in [0.717, 1.165) is 12.1 Å². The highest BCUT2D eigenvalue weighted by Crippen LogP contribution is 2.36. The quantitative estimate of drug-likeness (QED) is 0.661. The standard InChI is InChI=1S/C8H4Br2F4/c9-5-1-3(7(11)12)6(10)2-4(5)8(13)14/h1-2,7-8H. The maximum atomic E-state index is 12.3. The topological polar surface area (TPSA) is 0 Å². The second-order valence-electron chi connectivity index (χ2n) is 2.50. The average molecular weight is 336 g/mol. The highest BCUT2D eigenvalue weighted by Gasteiger charge is 2.18. The van der Waals surface area contributed by atoms with Gasteiger partial charge < -0.3 is 0 Å². The van der Waals surface area contributed by atoms with Crippen LogP contribution in [0.4, 0.5) is 17.6 Å². The third kappa shape index (κ3) is 2.48. The molecule has 78 valence electrons. The summed E-state index contributed by atoms with van der Waals surface area (Å²) >= 11 is 5.63. The molecule has 0 aliphatic heterocycles. The number of hydrogen-bond donors (Lipinski definition) is 0. The molecule has 0 nitrogen and oxygen atoms in total. The first-order valence-corrected chi connectivity index (χ1v) is 5.07. The molecule has 1 aromatic carbocycles. The molecule has 0 aliphatic carbocycles. The predicted molar refractivity (Wildman–Crippen MR) is 51.8 cm³/mol. The Balaban J connectivity index is 3.24. The smallest absolute Gasteiger partial charge is 0.205 e. The summed E-state index contributed by atoms with van der Waals surface area (Å²) in [6.07, 6.45) is -5.38. The maximum Gasteiger partial charge on any atom is 0.264 e. The minimum Gasteiger partial charge on any atom is -0.205 e. The molecule has 0 unspecified atom stereocenters. The third-order valence-electron chi connectivity index (χ3n) is 1.59. The van der Waals surface area contributed by atoms with E-state index in [0.29, 0.717) is 0 Å². The number of halogens is 6. The van der Waals surface area contributed by atoms with Crippen LogP contribution in [0.3, 0.4) is 0 Å². The van der Waals surface area contributed by atoms with E-state index in [1.165, 1.54) is 0 Å². The Morgan fingerprint density at radius 2 is 1.07 bits per heavy atom. The zero-order valence-electron chi connectivity index (χ0n) is 6.58. The van der Waals surface area contributed by atoms with Gasteiger partial charge in [0.05, 0.1) is 0 Å². The first-order chi connectivity index (χ1) is 6.43. The molecular formula is C8H4Br2F4. The molecule has 0 saturated heterocycles. The van der Waals surface area contributed by atoms with Crippen molar-refractivity contribution in [3.05, 3.63) is 32.2 Å². The van der Waals surface area contributed by atoms with Crippen LogP contribution in [-0.2, 0) is 0 Å². The van der Waals surface area contributed by atoms with Gasteiger partial charge in [-0.25, -0.2) is 17.6 Å². The summed E-state index contributed by atoms with van der Waals surface area (Å²) in [6, 6.07) is 1.99.